The number of benzene rings is 1. The van der Waals surface area contributed by atoms with E-state index in [0.717, 1.165) is 10.4 Å². The van der Waals surface area contributed by atoms with Crippen molar-refractivity contribution < 1.29 is 14.4 Å². The standard InChI is InChI=1S/C19H14ClN5O3/c1-12-10-15(27-11-13-6-3-2-4-7-13)16(17(20)22-12)19(26)28-25-18-14(23-24-25)8-5-9-21-18/h2-10H,11H2,1H3. The van der Waals surface area contributed by atoms with Gasteiger partial charge in [0.15, 0.2) is 0 Å². The lowest BCUT2D eigenvalue weighted by Gasteiger charge is -2.12. The monoisotopic (exact) mass is 395 g/mol. The van der Waals surface area contributed by atoms with Gasteiger partial charge >= 0.3 is 5.97 Å². The Hall–Kier alpha value is -3.52. The minimum Gasteiger partial charge on any atom is -0.488 e. The Kier molecular flexibility index (Phi) is 4.86. The SMILES string of the molecule is Cc1cc(OCc2ccccc2)c(C(=O)On2nnc3cccnc32)c(Cl)n1. The minimum absolute atomic E-state index is 0.00257. The molecule has 4 rings (SSSR count). The summed E-state index contributed by atoms with van der Waals surface area (Å²) >= 11 is 6.22. The van der Waals surface area contributed by atoms with Gasteiger partial charge in [-0.15, -0.1) is 5.10 Å². The van der Waals surface area contributed by atoms with Crippen LogP contribution in [0.15, 0.2) is 54.7 Å². The molecule has 3 aromatic heterocycles. The van der Waals surface area contributed by atoms with Gasteiger partial charge in [-0.25, -0.2) is 14.8 Å². The highest BCUT2D eigenvalue weighted by Crippen LogP contribution is 2.27. The first kappa shape index (κ1) is 17.9. The summed E-state index contributed by atoms with van der Waals surface area (Å²) in [5, 5.41) is 7.66. The smallest absolute Gasteiger partial charge is 0.372 e. The maximum Gasteiger partial charge on any atom is 0.372 e. The van der Waals surface area contributed by atoms with Crippen molar-refractivity contribution >= 4 is 28.7 Å². The van der Waals surface area contributed by atoms with E-state index < -0.39 is 5.97 Å². The third kappa shape index (κ3) is 3.63. The van der Waals surface area contributed by atoms with Gasteiger partial charge in [0.2, 0.25) is 5.65 Å². The highest BCUT2D eigenvalue weighted by atomic mass is 35.5. The summed E-state index contributed by atoms with van der Waals surface area (Å²) in [6, 6.07) is 14.6. The van der Waals surface area contributed by atoms with Gasteiger partial charge in [-0.1, -0.05) is 41.9 Å². The first-order valence-corrected chi connectivity index (χ1v) is 8.72. The van der Waals surface area contributed by atoms with E-state index in [-0.39, 0.29) is 23.1 Å². The Labute approximate surface area is 164 Å². The van der Waals surface area contributed by atoms with Gasteiger partial charge in [0.05, 0.1) is 0 Å². The molecule has 0 aliphatic carbocycles. The number of carbonyl (C=O) groups excluding carboxylic acids is 1. The number of rotatable bonds is 5. The highest BCUT2D eigenvalue weighted by molar-refractivity contribution is 6.32. The second-order valence-electron chi connectivity index (χ2n) is 5.89. The molecular formula is C19H14ClN5O3. The van der Waals surface area contributed by atoms with Crippen LogP contribution in [0.25, 0.3) is 11.2 Å². The van der Waals surface area contributed by atoms with Crippen LogP contribution < -0.4 is 9.57 Å². The van der Waals surface area contributed by atoms with E-state index in [0.29, 0.717) is 16.9 Å². The molecule has 0 aliphatic heterocycles. The lowest BCUT2D eigenvalue weighted by atomic mass is 10.2. The second kappa shape index (κ2) is 7.61. The summed E-state index contributed by atoms with van der Waals surface area (Å²) in [5.74, 6) is -0.512. The molecule has 0 bridgehead atoms. The lowest BCUT2D eigenvalue weighted by molar-refractivity contribution is 0.0400. The molecule has 8 nitrogen and oxygen atoms in total. The predicted molar refractivity (Wildman–Crippen MR) is 101 cm³/mol. The topological polar surface area (TPSA) is 92.0 Å². The van der Waals surface area contributed by atoms with Crippen LogP contribution in [0.5, 0.6) is 5.75 Å². The maximum absolute atomic E-state index is 12.8. The molecule has 140 valence electrons. The molecule has 0 fully saturated rings. The molecule has 0 radical (unpaired) electrons. The van der Waals surface area contributed by atoms with E-state index in [1.54, 1.807) is 31.3 Å². The van der Waals surface area contributed by atoms with Crippen molar-refractivity contribution in [2.24, 2.45) is 0 Å². The van der Waals surface area contributed by atoms with Crippen molar-refractivity contribution in [2.45, 2.75) is 13.5 Å². The fourth-order valence-corrected chi connectivity index (χ4v) is 2.87. The zero-order valence-electron chi connectivity index (χ0n) is 14.7. The van der Waals surface area contributed by atoms with Crippen LogP contribution in [0.3, 0.4) is 0 Å². The molecule has 1 aromatic carbocycles. The quantitative estimate of drug-likeness (QED) is 0.379. The van der Waals surface area contributed by atoms with Gasteiger partial charge in [0.25, 0.3) is 0 Å². The van der Waals surface area contributed by atoms with Crippen LogP contribution in [0.2, 0.25) is 5.15 Å². The minimum atomic E-state index is -0.780. The first-order valence-electron chi connectivity index (χ1n) is 8.35. The van der Waals surface area contributed by atoms with Gasteiger partial charge in [-0.2, -0.15) is 0 Å². The van der Waals surface area contributed by atoms with Crippen LogP contribution in [0.1, 0.15) is 21.6 Å². The van der Waals surface area contributed by atoms with Crippen molar-refractivity contribution in [3.05, 3.63) is 76.7 Å². The van der Waals surface area contributed by atoms with Crippen molar-refractivity contribution in [1.82, 2.24) is 25.1 Å². The number of ether oxygens (including phenoxy) is 1. The largest absolute Gasteiger partial charge is 0.488 e. The normalized spacial score (nSPS) is 10.8. The average Bonchev–Trinajstić information content (AvgIpc) is 3.09. The van der Waals surface area contributed by atoms with Crippen LogP contribution >= 0.6 is 11.6 Å². The van der Waals surface area contributed by atoms with Gasteiger partial charge in [-0.05, 0) is 34.7 Å². The number of hydrogen-bond donors (Lipinski definition) is 0. The van der Waals surface area contributed by atoms with Crippen molar-refractivity contribution in [3.63, 3.8) is 0 Å². The van der Waals surface area contributed by atoms with Gasteiger partial charge in [-0.3, -0.25) is 0 Å². The van der Waals surface area contributed by atoms with Crippen molar-refractivity contribution in [1.29, 1.82) is 0 Å². The van der Waals surface area contributed by atoms with E-state index >= 15 is 0 Å². The van der Waals surface area contributed by atoms with Crippen LogP contribution in [0, 0.1) is 6.92 Å². The van der Waals surface area contributed by atoms with Gasteiger partial charge in [0, 0.05) is 18.0 Å². The molecule has 9 heteroatoms. The van der Waals surface area contributed by atoms with E-state index in [4.69, 9.17) is 21.2 Å². The molecule has 4 aromatic rings. The number of hydrogen-bond acceptors (Lipinski definition) is 7. The second-order valence-corrected chi connectivity index (χ2v) is 6.25. The van der Waals surface area contributed by atoms with Crippen LogP contribution in [-0.4, -0.2) is 31.1 Å². The Morgan fingerprint density at radius 2 is 2.00 bits per heavy atom. The Morgan fingerprint density at radius 1 is 1.18 bits per heavy atom. The Morgan fingerprint density at radius 3 is 2.82 bits per heavy atom. The fourth-order valence-electron chi connectivity index (χ4n) is 2.57. The molecule has 0 amide bonds. The molecule has 0 spiro atoms. The zero-order chi connectivity index (χ0) is 19.5. The highest BCUT2D eigenvalue weighted by Gasteiger charge is 2.23. The maximum atomic E-state index is 12.8. The van der Waals surface area contributed by atoms with E-state index in [9.17, 15) is 4.79 Å². The number of nitrogens with zero attached hydrogens (tertiary/aromatic N) is 5. The van der Waals surface area contributed by atoms with Crippen molar-refractivity contribution in [3.8, 4) is 5.75 Å². The molecular weight excluding hydrogens is 382 g/mol. The van der Waals surface area contributed by atoms with Crippen LogP contribution in [0.4, 0.5) is 0 Å². The summed E-state index contributed by atoms with van der Waals surface area (Å²) in [6.45, 7) is 2.01. The number of aromatic nitrogens is 5. The number of halogens is 1. The van der Waals surface area contributed by atoms with E-state index in [1.807, 2.05) is 30.3 Å². The van der Waals surface area contributed by atoms with Gasteiger partial charge < -0.3 is 9.57 Å². The predicted octanol–water partition coefficient (Wildman–Crippen LogP) is 3.03. The van der Waals surface area contributed by atoms with E-state index in [2.05, 4.69) is 20.3 Å². The third-order valence-electron chi connectivity index (χ3n) is 3.86. The average molecular weight is 396 g/mol. The Balaban J connectivity index is 1.63. The molecule has 0 unspecified atom stereocenters. The van der Waals surface area contributed by atoms with Crippen LogP contribution in [-0.2, 0) is 6.61 Å². The van der Waals surface area contributed by atoms with E-state index in [1.165, 1.54) is 0 Å². The third-order valence-corrected chi connectivity index (χ3v) is 4.13. The summed E-state index contributed by atoms with van der Waals surface area (Å²) in [7, 11) is 0. The molecule has 0 aliphatic rings. The molecule has 0 atom stereocenters. The van der Waals surface area contributed by atoms with Crippen molar-refractivity contribution in [2.75, 3.05) is 0 Å². The molecule has 28 heavy (non-hydrogen) atoms. The summed E-state index contributed by atoms with van der Waals surface area (Å²) in [5.41, 5.74) is 2.35. The molecule has 0 saturated heterocycles. The molecule has 0 saturated carbocycles. The first-order chi connectivity index (χ1) is 13.6. The fraction of sp³-hybridized carbons (Fsp3) is 0.105. The van der Waals surface area contributed by atoms with Gasteiger partial charge in [0.1, 0.15) is 28.6 Å². The molecule has 3 heterocycles. The summed E-state index contributed by atoms with van der Waals surface area (Å²) in [6.07, 6.45) is 1.55. The zero-order valence-corrected chi connectivity index (χ0v) is 15.5. The number of carbonyl (C=O) groups is 1. The summed E-state index contributed by atoms with van der Waals surface area (Å²) in [4.78, 5) is 27.2. The summed E-state index contributed by atoms with van der Waals surface area (Å²) < 4.78 is 5.83. The number of fused-ring (bicyclic) bond motifs is 1. The number of aryl methyl sites for hydroxylation is 1. The molecule has 0 N–H and O–H groups in total. The Bertz CT molecular complexity index is 1150. The lowest BCUT2D eigenvalue weighted by Crippen LogP contribution is -2.23. The number of pyridine rings is 2.